The lowest BCUT2D eigenvalue weighted by Gasteiger charge is -2.20. The molecule has 2 unspecified atom stereocenters. The van der Waals surface area contributed by atoms with Crippen LogP contribution in [-0.2, 0) is 11.2 Å². The van der Waals surface area contributed by atoms with Crippen LogP contribution >= 0.6 is 15.9 Å². The van der Waals surface area contributed by atoms with Crippen LogP contribution in [-0.4, -0.2) is 28.7 Å². The smallest absolute Gasteiger partial charge is 0.131 e. The van der Waals surface area contributed by atoms with E-state index in [1.165, 1.54) is 0 Å². The van der Waals surface area contributed by atoms with Crippen molar-refractivity contribution in [3.8, 4) is 0 Å². The fraction of sp³-hybridized carbons (Fsp3) is 0.667. The molecule has 0 aromatic carbocycles. The van der Waals surface area contributed by atoms with Crippen molar-refractivity contribution in [2.24, 2.45) is 0 Å². The van der Waals surface area contributed by atoms with Crippen LogP contribution in [0.3, 0.4) is 0 Å². The number of hydrogen-bond donors (Lipinski definition) is 1. The average molecular weight is 300 g/mol. The highest BCUT2D eigenvalue weighted by Gasteiger charge is 2.22. The number of aryl methyl sites for hydroxylation is 1. The van der Waals surface area contributed by atoms with Gasteiger partial charge in [0.25, 0.3) is 0 Å². The zero-order valence-corrected chi connectivity index (χ0v) is 11.8. The molecule has 2 atom stereocenters. The molecule has 1 fully saturated rings. The van der Waals surface area contributed by atoms with Gasteiger partial charge in [0.15, 0.2) is 0 Å². The summed E-state index contributed by atoms with van der Waals surface area (Å²) in [6.45, 7) is 5.07. The lowest BCUT2D eigenvalue weighted by atomic mass is 10.1. The summed E-state index contributed by atoms with van der Waals surface area (Å²) in [5.41, 5.74) is 0. The summed E-state index contributed by atoms with van der Waals surface area (Å²) in [7, 11) is 0. The monoisotopic (exact) mass is 299 g/mol. The summed E-state index contributed by atoms with van der Waals surface area (Å²) in [6, 6.07) is 2.19. The molecule has 0 aliphatic carbocycles. The molecule has 5 heteroatoms. The molecule has 1 saturated heterocycles. The van der Waals surface area contributed by atoms with Crippen LogP contribution in [0.15, 0.2) is 10.7 Å². The number of anilines is 1. The van der Waals surface area contributed by atoms with Crippen LogP contribution in [0.25, 0.3) is 0 Å². The van der Waals surface area contributed by atoms with Gasteiger partial charge in [0.05, 0.1) is 12.1 Å². The van der Waals surface area contributed by atoms with Gasteiger partial charge in [-0.2, -0.15) is 0 Å². The molecule has 17 heavy (non-hydrogen) atoms. The van der Waals surface area contributed by atoms with E-state index in [2.05, 4.69) is 45.1 Å². The number of aromatic nitrogens is 2. The van der Waals surface area contributed by atoms with Crippen molar-refractivity contribution in [3.05, 3.63) is 16.5 Å². The minimum Gasteiger partial charge on any atom is -0.376 e. The van der Waals surface area contributed by atoms with Crippen LogP contribution in [0.1, 0.15) is 32.5 Å². The summed E-state index contributed by atoms with van der Waals surface area (Å²) in [6.07, 6.45) is 3.42. The van der Waals surface area contributed by atoms with Gasteiger partial charge >= 0.3 is 0 Å². The van der Waals surface area contributed by atoms with Gasteiger partial charge in [-0.25, -0.2) is 9.97 Å². The second-order valence-corrected chi connectivity index (χ2v) is 5.14. The van der Waals surface area contributed by atoms with Crippen LogP contribution in [0.2, 0.25) is 0 Å². The zero-order chi connectivity index (χ0) is 12.3. The van der Waals surface area contributed by atoms with Crippen LogP contribution in [0, 0.1) is 0 Å². The fourth-order valence-electron chi connectivity index (χ4n) is 2.02. The first kappa shape index (κ1) is 12.8. The van der Waals surface area contributed by atoms with Crippen LogP contribution < -0.4 is 5.32 Å². The molecule has 1 aromatic rings. The third-order valence-corrected chi connectivity index (χ3v) is 3.36. The maximum atomic E-state index is 5.66. The van der Waals surface area contributed by atoms with Crippen molar-refractivity contribution >= 4 is 21.7 Å². The number of nitrogens with one attached hydrogen (secondary N) is 1. The Kier molecular flexibility index (Phi) is 4.34. The Bertz CT molecular complexity index is 380. The Morgan fingerprint density at radius 1 is 1.59 bits per heavy atom. The second kappa shape index (κ2) is 5.78. The van der Waals surface area contributed by atoms with Gasteiger partial charge in [-0.3, -0.25) is 0 Å². The number of rotatable bonds is 4. The van der Waals surface area contributed by atoms with Crippen LogP contribution in [0.4, 0.5) is 5.82 Å². The van der Waals surface area contributed by atoms with E-state index in [9.17, 15) is 0 Å². The topological polar surface area (TPSA) is 47.0 Å². The minimum absolute atomic E-state index is 0.281. The van der Waals surface area contributed by atoms with E-state index in [1.54, 1.807) is 0 Å². The summed E-state index contributed by atoms with van der Waals surface area (Å²) < 4.78 is 6.48. The number of hydrogen-bond acceptors (Lipinski definition) is 4. The van der Waals surface area contributed by atoms with Gasteiger partial charge < -0.3 is 10.1 Å². The summed E-state index contributed by atoms with van der Waals surface area (Å²) in [5, 5.41) is 3.39. The van der Waals surface area contributed by atoms with Gasteiger partial charge in [-0.05, 0) is 35.7 Å². The molecule has 1 aliphatic heterocycles. The summed E-state index contributed by atoms with van der Waals surface area (Å²) in [4.78, 5) is 8.75. The average Bonchev–Trinajstić information content (AvgIpc) is 2.81. The highest BCUT2D eigenvalue weighted by atomic mass is 79.9. The van der Waals surface area contributed by atoms with E-state index in [1.807, 2.05) is 6.07 Å². The van der Waals surface area contributed by atoms with E-state index >= 15 is 0 Å². The van der Waals surface area contributed by atoms with E-state index in [0.29, 0.717) is 6.10 Å². The maximum absolute atomic E-state index is 5.66. The SMILES string of the molecule is CCc1nc(Br)cc(NC(C)C2CCCO2)n1. The molecule has 1 aliphatic rings. The molecule has 0 saturated carbocycles. The molecule has 0 amide bonds. The van der Waals surface area contributed by atoms with E-state index in [4.69, 9.17) is 4.74 Å². The van der Waals surface area contributed by atoms with Crippen molar-refractivity contribution in [2.45, 2.75) is 45.3 Å². The van der Waals surface area contributed by atoms with Gasteiger partial charge in [-0.15, -0.1) is 0 Å². The normalized spacial score (nSPS) is 21.5. The Hall–Kier alpha value is -0.680. The number of nitrogens with zero attached hydrogens (tertiary/aromatic N) is 2. The molecule has 94 valence electrons. The molecule has 2 heterocycles. The van der Waals surface area contributed by atoms with Crippen molar-refractivity contribution in [1.29, 1.82) is 0 Å². The molecule has 1 N–H and O–H groups in total. The van der Waals surface area contributed by atoms with E-state index in [-0.39, 0.29) is 6.04 Å². The third kappa shape index (κ3) is 3.39. The molecule has 1 aromatic heterocycles. The highest BCUT2D eigenvalue weighted by Crippen LogP contribution is 2.19. The first-order valence-corrected chi connectivity index (χ1v) is 6.90. The van der Waals surface area contributed by atoms with Crippen molar-refractivity contribution in [2.75, 3.05) is 11.9 Å². The quantitative estimate of drug-likeness (QED) is 0.869. The first-order chi connectivity index (χ1) is 8.19. The summed E-state index contributed by atoms with van der Waals surface area (Å²) in [5.74, 6) is 1.72. The van der Waals surface area contributed by atoms with Gasteiger partial charge in [0.1, 0.15) is 16.2 Å². The standard InChI is InChI=1S/C12H18BrN3O/c1-3-11-15-10(13)7-12(16-11)14-8(2)9-5-4-6-17-9/h7-9H,3-6H2,1-2H3,(H,14,15,16). The molecule has 4 nitrogen and oxygen atoms in total. The van der Waals surface area contributed by atoms with Crippen molar-refractivity contribution in [1.82, 2.24) is 9.97 Å². The molecule has 0 spiro atoms. The van der Waals surface area contributed by atoms with Gasteiger partial charge in [0.2, 0.25) is 0 Å². The zero-order valence-electron chi connectivity index (χ0n) is 10.2. The molecule has 0 bridgehead atoms. The third-order valence-electron chi connectivity index (χ3n) is 2.96. The molecule has 0 radical (unpaired) electrons. The van der Waals surface area contributed by atoms with Gasteiger partial charge in [0, 0.05) is 19.1 Å². The van der Waals surface area contributed by atoms with Crippen molar-refractivity contribution < 1.29 is 4.74 Å². The Morgan fingerprint density at radius 3 is 3.06 bits per heavy atom. The predicted molar refractivity (Wildman–Crippen MR) is 71.2 cm³/mol. The lowest BCUT2D eigenvalue weighted by molar-refractivity contribution is 0.0995. The molecule has 2 rings (SSSR count). The first-order valence-electron chi connectivity index (χ1n) is 6.10. The summed E-state index contributed by atoms with van der Waals surface area (Å²) >= 11 is 3.40. The Morgan fingerprint density at radius 2 is 2.41 bits per heavy atom. The van der Waals surface area contributed by atoms with Crippen molar-refractivity contribution in [3.63, 3.8) is 0 Å². The molecular weight excluding hydrogens is 282 g/mol. The maximum Gasteiger partial charge on any atom is 0.131 e. The largest absolute Gasteiger partial charge is 0.376 e. The van der Waals surface area contributed by atoms with E-state index < -0.39 is 0 Å². The lowest BCUT2D eigenvalue weighted by Crippen LogP contribution is -2.30. The minimum atomic E-state index is 0.281. The number of halogens is 1. The highest BCUT2D eigenvalue weighted by molar-refractivity contribution is 9.10. The Labute approximate surface area is 110 Å². The predicted octanol–water partition coefficient (Wildman–Crippen LogP) is 2.78. The second-order valence-electron chi connectivity index (χ2n) is 4.33. The van der Waals surface area contributed by atoms with Crippen LogP contribution in [0.5, 0.6) is 0 Å². The van der Waals surface area contributed by atoms with E-state index in [0.717, 1.165) is 42.1 Å². The Balaban J connectivity index is 2.04. The number of ether oxygens (including phenoxy) is 1. The fourth-order valence-corrected chi connectivity index (χ4v) is 2.44. The van der Waals surface area contributed by atoms with Gasteiger partial charge in [-0.1, -0.05) is 6.92 Å². The molecular formula is C12H18BrN3O.